The van der Waals surface area contributed by atoms with Crippen molar-refractivity contribution >= 4 is 22.0 Å². The Hall–Kier alpha value is -1.93. The van der Waals surface area contributed by atoms with Gasteiger partial charge >= 0.3 is 11.9 Å². The third kappa shape index (κ3) is 9.96. The molecule has 0 atom stereocenters. The van der Waals surface area contributed by atoms with Crippen molar-refractivity contribution in [2.75, 3.05) is 12.3 Å². The predicted octanol–water partition coefficient (Wildman–Crippen LogP) is 1.68. The number of rotatable bonds is 12. The number of sulfonamides is 1. The van der Waals surface area contributed by atoms with E-state index in [4.69, 9.17) is 9.84 Å². The summed E-state index contributed by atoms with van der Waals surface area (Å²) >= 11 is 0. The molecule has 0 bridgehead atoms. The molecule has 8 heteroatoms. The quantitative estimate of drug-likeness (QED) is 0.435. The van der Waals surface area contributed by atoms with Gasteiger partial charge in [0.25, 0.3) is 0 Å². The van der Waals surface area contributed by atoms with Gasteiger partial charge in [0.2, 0.25) is 10.0 Å². The van der Waals surface area contributed by atoms with E-state index in [1.165, 1.54) is 0 Å². The Labute approximate surface area is 142 Å². The van der Waals surface area contributed by atoms with Crippen molar-refractivity contribution in [2.45, 2.75) is 38.7 Å². The van der Waals surface area contributed by atoms with Crippen molar-refractivity contribution in [3.05, 3.63) is 35.9 Å². The second kappa shape index (κ2) is 10.8. The first-order chi connectivity index (χ1) is 11.4. The zero-order valence-corrected chi connectivity index (χ0v) is 14.3. The van der Waals surface area contributed by atoms with Crippen LogP contribution in [0.4, 0.5) is 0 Å². The first kappa shape index (κ1) is 20.1. The van der Waals surface area contributed by atoms with Crippen LogP contribution in [0.15, 0.2) is 30.3 Å². The number of aliphatic carboxylic acids is 1. The largest absolute Gasteiger partial charge is 0.481 e. The molecule has 0 unspecified atom stereocenters. The Balaban J connectivity index is 2.05. The molecule has 7 nitrogen and oxygen atoms in total. The van der Waals surface area contributed by atoms with Gasteiger partial charge in [-0.3, -0.25) is 9.59 Å². The summed E-state index contributed by atoms with van der Waals surface area (Å²) in [4.78, 5) is 21.9. The van der Waals surface area contributed by atoms with Crippen molar-refractivity contribution in [1.29, 1.82) is 0 Å². The highest BCUT2D eigenvalue weighted by atomic mass is 32.2. The van der Waals surface area contributed by atoms with Crippen molar-refractivity contribution in [2.24, 2.45) is 0 Å². The van der Waals surface area contributed by atoms with Gasteiger partial charge in [0.15, 0.2) is 0 Å². The third-order valence-electron chi connectivity index (χ3n) is 3.21. The average Bonchev–Trinajstić information content (AvgIpc) is 2.55. The summed E-state index contributed by atoms with van der Waals surface area (Å²) in [6.45, 7) is 0.490. The topological polar surface area (TPSA) is 110 Å². The molecule has 1 aromatic rings. The van der Waals surface area contributed by atoms with Gasteiger partial charge in [0.1, 0.15) is 6.61 Å². The van der Waals surface area contributed by atoms with Gasteiger partial charge in [-0.25, -0.2) is 13.1 Å². The fourth-order valence-corrected chi connectivity index (χ4v) is 2.95. The molecule has 0 spiro atoms. The number of carboxylic acid groups (broad SMARTS) is 1. The molecule has 0 saturated heterocycles. The molecule has 0 aliphatic heterocycles. The summed E-state index contributed by atoms with van der Waals surface area (Å²) in [6.07, 6.45) is 1.76. The highest BCUT2D eigenvalue weighted by molar-refractivity contribution is 7.89. The maximum atomic E-state index is 11.6. The smallest absolute Gasteiger partial charge is 0.306 e. The number of carbonyl (C=O) groups is 2. The van der Waals surface area contributed by atoms with E-state index < -0.39 is 28.2 Å². The summed E-state index contributed by atoms with van der Waals surface area (Å²) in [5.41, 5.74) is 0.932. The first-order valence-corrected chi connectivity index (χ1v) is 9.43. The molecule has 0 radical (unpaired) electrons. The van der Waals surface area contributed by atoms with Crippen LogP contribution < -0.4 is 4.72 Å². The minimum Gasteiger partial charge on any atom is -0.481 e. The normalized spacial score (nSPS) is 11.2. The molecule has 0 aliphatic carbocycles. The van der Waals surface area contributed by atoms with Crippen LogP contribution in [0.25, 0.3) is 0 Å². The van der Waals surface area contributed by atoms with E-state index in [-0.39, 0.29) is 19.1 Å². The summed E-state index contributed by atoms with van der Waals surface area (Å²) in [6, 6.07) is 9.40. The van der Waals surface area contributed by atoms with Crippen molar-refractivity contribution in [3.63, 3.8) is 0 Å². The molecule has 24 heavy (non-hydrogen) atoms. The third-order valence-corrected chi connectivity index (χ3v) is 4.59. The highest BCUT2D eigenvalue weighted by Crippen LogP contribution is 2.05. The average molecular weight is 357 g/mol. The zero-order chi connectivity index (χ0) is 17.8. The molecule has 0 saturated carbocycles. The molecular weight excluding hydrogens is 334 g/mol. The summed E-state index contributed by atoms with van der Waals surface area (Å²) in [7, 11) is -3.54. The minimum absolute atomic E-state index is 0.237. The number of carbonyl (C=O) groups excluding carboxylic acids is 1. The number of unbranched alkanes of at least 4 members (excludes halogenated alkanes) is 2. The minimum atomic E-state index is -3.54. The Bertz CT molecular complexity index is 615. The number of hydrogen-bond acceptors (Lipinski definition) is 5. The van der Waals surface area contributed by atoms with Gasteiger partial charge < -0.3 is 9.84 Å². The van der Waals surface area contributed by atoms with Gasteiger partial charge in [0.05, 0.1) is 12.2 Å². The predicted molar refractivity (Wildman–Crippen MR) is 88.7 cm³/mol. The highest BCUT2D eigenvalue weighted by Gasteiger charge is 2.11. The fraction of sp³-hybridized carbons (Fsp3) is 0.500. The molecule has 0 aromatic heterocycles. The molecule has 0 heterocycles. The van der Waals surface area contributed by atoms with Crippen LogP contribution in [0.1, 0.15) is 37.7 Å². The SMILES string of the molecule is O=C(O)CCS(=O)(=O)NCCCCCC(=O)OCc1ccccc1. The lowest BCUT2D eigenvalue weighted by molar-refractivity contribution is -0.145. The van der Waals surface area contributed by atoms with Gasteiger partial charge in [-0.15, -0.1) is 0 Å². The van der Waals surface area contributed by atoms with E-state index in [1.54, 1.807) is 0 Å². The fourth-order valence-electron chi connectivity index (χ4n) is 1.90. The van der Waals surface area contributed by atoms with E-state index in [1.807, 2.05) is 30.3 Å². The summed E-state index contributed by atoms with van der Waals surface area (Å²) < 4.78 is 30.4. The first-order valence-electron chi connectivity index (χ1n) is 7.78. The van der Waals surface area contributed by atoms with E-state index in [0.717, 1.165) is 5.56 Å². The molecule has 1 aromatic carbocycles. The van der Waals surface area contributed by atoms with Crippen LogP contribution in [0.3, 0.4) is 0 Å². The number of nitrogens with one attached hydrogen (secondary N) is 1. The summed E-state index contributed by atoms with van der Waals surface area (Å²) in [5, 5.41) is 8.45. The Morgan fingerprint density at radius 3 is 2.42 bits per heavy atom. The number of ether oxygens (including phenoxy) is 1. The maximum absolute atomic E-state index is 11.6. The van der Waals surface area contributed by atoms with E-state index in [0.29, 0.717) is 25.7 Å². The Morgan fingerprint density at radius 1 is 1.04 bits per heavy atom. The van der Waals surface area contributed by atoms with Crippen LogP contribution in [0.2, 0.25) is 0 Å². The molecule has 0 aliphatic rings. The zero-order valence-electron chi connectivity index (χ0n) is 13.4. The lowest BCUT2D eigenvalue weighted by atomic mass is 10.2. The number of hydrogen-bond donors (Lipinski definition) is 2. The van der Waals surface area contributed by atoms with Crippen LogP contribution in [0.5, 0.6) is 0 Å². The molecular formula is C16H23NO6S. The molecule has 134 valence electrons. The van der Waals surface area contributed by atoms with E-state index in [2.05, 4.69) is 4.72 Å². The molecule has 0 fully saturated rings. The number of benzene rings is 1. The van der Waals surface area contributed by atoms with E-state index in [9.17, 15) is 18.0 Å². The second-order valence-corrected chi connectivity index (χ2v) is 7.24. The number of carboxylic acids is 1. The lowest BCUT2D eigenvalue weighted by Gasteiger charge is -2.06. The van der Waals surface area contributed by atoms with Crippen LogP contribution >= 0.6 is 0 Å². The standard InChI is InChI=1S/C16H23NO6S/c18-15(19)10-12-24(21,22)17-11-6-2-5-9-16(20)23-13-14-7-3-1-4-8-14/h1,3-4,7-8,17H,2,5-6,9-13H2,(H,18,19). The summed E-state index contributed by atoms with van der Waals surface area (Å²) in [5.74, 6) is -1.84. The lowest BCUT2D eigenvalue weighted by Crippen LogP contribution is -2.28. The monoisotopic (exact) mass is 357 g/mol. The van der Waals surface area contributed by atoms with Crippen LogP contribution in [-0.2, 0) is 31.0 Å². The molecule has 2 N–H and O–H groups in total. The van der Waals surface area contributed by atoms with Gasteiger partial charge in [-0.2, -0.15) is 0 Å². The Kier molecular flexibility index (Phi) is 9.03. The van der Waals surface area contributed by atoms with Crippen molar-refractivity contribution < 1.29 is 27.9 Å². The Morgan fingerprint density at radius 2 is 1.75 bits per heavy atom. The molecule has 0 amide bonds. The number of esters is 1. The van der Waals surface area contributed by atoms with Crippen molar-refractivity contribution in [3.8, 4) is 0 Å². The van der Waals surface area contributed by atoms with Crippen LogP contribution in [0, 0.1) is 0 Å². The van der Waals surface area contributed by atoms with Gasteiger partial charge in [-0.1, -0.05) is 36.8 Å². The van der Waals surface area contributed by atoms with Gasteiger partial charge in [0, 0.05) is 13.0 Å². The molecule has 1 rings (SSSR count). The van der Waals surface area contributed by atoms with Crippen LogP contribution in [-0.4, -0.2) is 37.8 Å². The maximum Gasteiger partial charge on any atom is 0.306 e. The van der Waals surface area contributed by atoms with E-state index >= 15 is 0 Å². The second-order valence-electron chi connectivity index (χ2n) is 5.31. The van der Waals surface area contributed by atoms with Crippen molar-refractivity contribution in [1.82, 2.24) is 4.72 Å². The van der Waals surface area contributed by atoms with Gasteiger partial charge in [-0.05, 0) is 18.4 Å².